The normalized spacial score (nSPS) is 8.54. The Bertz CT molecular complexity index is 252. The maximum atomic E-state index is 9.22. The number of hydrogen-bond donors (Lipinski definition) is 1. The van der Waals surface area contributed by atoms with Crippen LogP contribution in [-0.2, 0) is 11.2 Å². The molecule has 0 atom stereocenters. The minimum Gasteiger partial charge on any atom is -0.370 e. The van der Waals surface area contributed by atoms with Crippen LogP contribution in [0.25, 0.3) is 0 Å². The van der Waals surface area contributed by atoms with E-state index >= 15 is 0 Å². The summed E-state index contributed by atoms with van der Waals surface area (Å²) in [6.07, 6.45) is 1.12. The van der Waals surface area contributed by atoms with E-state index < -0.39 is 0 Å². The summed E-state index contributed by atoms with van der Waals surface area (Å²) in [5.74, 6) is -0.333. The van der Waals surface area contributed by atoms with Gasteiger partial charge in [-0.1, -0.05) is 35.0 Å². The van der Waals surface area contributed by atoms with Crippen molar-refractivity contribution in [3.8, 4) is 0 Å². The van der Waals surface area contributed by atoms with Crippen molar-refractivity contribution >= 4 is 21.8 Å². The van der Waals surface area contributed by atoms with Crippen LogP contribution in [0.4, 0.5) is 0 Å². The topological polar surface area (TPSA) is 43.1 Å². The number of benzene rings is 1. The molecule has 2 nitrogen and oxygen atoms in total. The van der Waals surface area contributed by atoms with Crippen molar-refractivity contribution < 1.29 is 4.79 Å². The van der Waals surface area contributed by atoms with Gasteiger partial charge >= 0.3 is 0 Å². The van der Waals surface area contributed by atoms with Crippen molar-refractivity contribution in [3.63, 3.8) is 0 Å². The van der Waals surface area contributed by atoms with E-state index in [1.54, 1.807) is 0 Å². The second-order valence-corrected chi connectivity index (χ2v) is 3.51. The minimum atomic E-state index is -0.333. The Morgan fingerprint density at radius 3 is 2.08 bits per heavy atom. The number of rotatable bonds is 1. The number of amides is 1. The number of aryl methyl sites for hydroxylation is 1. The number of carbonyl (C=O) groups is 1. The highest BCUT2D eigenvalue weighted by Gasteiger charge is 1.86. The zero-order valence-corrected chi connectivity index (χ0v) is 9.47. The van der Waals surface area contributed by atoms with E-state index in [9.17, 15) is 4.79 Å². The minimum absolute atomic E-state index is 0.333. The molecule has 0 aliphatic rings. The fourth-order valence-electron chi connectivity index (χ4n) is 0.720. The molecule has 1 amide bonds. The largest absolute Gasteiger partial charge is 0.370 e. The lowest BCUT2D eigenvalue weighted by Crippen LogP contribution is -2.01. The molecule has 0 bridgehead atoms. The van der Waals surface area contributed by atoms with Crippen LogP contribution in [0.3, 0.4) is 0 Å². The first-order chi connectivity index (χ1) is 6.06. The average molecular weight is 244 g/mol. The second-order valence-electron chi connectivity index (χ2n) is 2.59. The summed E-state index contributed by atoms with van der Waals surface area (Å²) in [7, 11) is 0. The predicted molar refractivity (Wildman–Crippen MR) is 58.4 cm³/mol. The van der Waals surface area contributed by atoms with Gasteiger partial charge < -0.3 is 5.73 Å². The predicted octanol–water partition coefficient (Wildman–Crippen LogP) is 2.50. The molecule has 1 rings (SSSR count). The smallest absolute Gasteiger partial charge is 0.214 e. The molecule has 0 aliphatic carbocycles. The summed E-state index contributed by atoms with van der Waals surface area (Å²) in [6, 6.07) is 8.39. The molecule has 0 spiro atoms. The maximum absolute atomic E-state index is 9.22. The number of nitrogens with two attached hydrogens (primary N) is 1. The van der Waals surface area contributed by atoms with Crippen molar-refractivity contribution in [2.24, 2.45) is 5.73 Å². The van der Waals surface area contributed by atoms with E-state index in [0.717, 1.165) is 10.9 Å². The van der Waals surface area contributed by atoms with Gasteiger partial charge in [0.25, 0.3) is 0 Å². The molecule has 0 saturated carbocycles. The summed E-state index contributed by atoms with van der Waals surface area (Å²) >= 11 is 3.37. The van der Waals surface area contributed by atoms with Gasteiger partial charge in [0.05, 0.1) is 0 Å². The van der Waals surface area contributed by atoms with Crippen molar-refractivity contribution in [2.75, 3.05) is 0 Å². The highest BCUT2D eigenvalue weighted by atomic mass is 79.9. The lowest BCUT2D eigenvalue weighted by molar-refractivity contribution is -0.115. The molecule has 2 N–H and O–H groups in total. The van der Waals surface area contributed by atoms with Crippen LogP contribution < -0.4 is 5.73 Å². The Kier molecular flexibility index (Phi) is 6.24. The maximum Gasteiger partial charge on any atom is 0.214 e. The Balaban J connectivity index is 0.000000310. The molecule has 0 unspecified atom stereocenters. The summed E-state index contributed by atoms with van der Waals surface area (Å²) in [4.78, 5) is 9.22. The number of primary amides is 1. The lowest BCUT2D eigenvalue weighted by Gasteiger charge is -1.93. The molecular weight excluding hydrogens is 230 g/mol. The lowest BCUT2D eigenvalue weighted by atomic mass is 10.2. The number of hydrogen-bond acceptors (Lipinski definition) is 1. The quantitative estimate of drug-likeness (QED) is 0.810. The fraction of sp³-hybridized carbons (Fsp3) is 0.300. The first-order valence-electron chi connectivity index (χ1n) is 4.06. The van der Waals surface area contributed by atoms with E-state index in [1.807, 2.05) is 0 Å². The van der Waals surface area contributed by atoms with E-state index in [2.05, 4.69) is 52.9 Å². The van der Waals surface area contributed by atoms with Crippen molar-refractivity contribution in [1.82, 2.24) is 0 Å². The van der Waals surface area contributed by atoms with E-state index in [-0.39, 0.29) is 5.91 Å². The van der Waals surface area contributed by atoms with Gasteiger partial charge in [0.1, 0.15) is 0 Å². The highest BCUT2D eigenvalue weighted by molar-refractivity contribution is 9.10. The SMILES string of the molecule is CC(N)=O.CCc1ccc(Br)cc1. The number of halogens is 1. The zero-order chi connectivity index (χ0) is 10.3. The third-order valence-electron chi connectivity index (χ3n) is 1.32. The monoisotopic (exact) mass is 243 g/mol. The Hall–Kier alpha value is -0.830. The van der Waals surface area contributed by atoms with Gasteiger partial charge in [-0.25, -0.2) is 0 Å². The van der Waals surface area contributed by atoms with Crippen LogP contribution in [0, 0.1) is 0 Å². The molecule has 0 aromatic heterocycles. The van der Waals surface area contributed by atoms with Crippen LogP contribution in [-0.4, -0.2) is 5.91 Å². The van der Waals surface area contributed by atoms with E-state index in [1.165, 1.54) is 12.5 Å². The zero-order valence-electron chi connectivity index (χ0n) is 7.88. The molecule has 0 radical (unpaired) electrons. The Morgan fingerprint density at radius 1 is 1.38 bits per heavy atom. The molecule has 1 aromatic carbocycles. The van der Waals surface area contributed by atoms with Gasteiger partial charge in [0.15, 0.2) is 0 Å². The molecule has 13 heavy (non-hydrogen) atoms. The summed E-state index contributed by atoms with van der Waals surface area (Å²) in [5.41, 5.74) is 5.86. The molecule has 0 aliphatic heterocycles. The summed E-state index contributed by atoms with van der Waals surface area (Å²) in [6.45, 7) is 3.46. The van der Waals surface area contributed by atoms with Crippen molar-refractivity contribution in [3.05, 3.63) is 34.3 Å². The van der Waals surface area contributed by atoms with Gasteiger partial charge in [0.2, 0.25) is 5.91 Å². The van der Waals surface area contributed by atoms with E-state index in [4.69, 9.17) is 0 Å². The van der Waals surface area contributed by atoms with Crippen LogP contribution in [0.5, 0.6) is 0 Å². The van der Waals surface area contributed by atoms with Crippen LogP contribution in [0.1, 0.15) is 19.4 Å². The molecule has 0 saturated heterocycles. The molecule has 0 heterocycles. The molecule has 0 fully saturated rings. The van der Waals surface area contributed by atoms with Gasteiger partial charge in [-0.15, -0.1) is 0 Å². The Morgan fingerprint density at radius 2 is 1.77 bits per heavy atom. The van der Waals surface area contributed by atoms with Crippen LogP contribution in [0.2, 0.25) is 0 Å². The van der Waals surface area contributed by atoms with Crippen LogP contribution >= 0.6 is 15.9 Å². The average Bonchev–Trinajstić information content (AvgIpc) is 2.05. The van der Waals surface area contributed by atoms with Gasteiger partial charge in [-0.05, 0) is 24.1 Å². The van der Waals surface area contributed by atoms with Crippen LogP contribution in [0.15, 0.2) is 28.7 Å². The standard InChI is InChI=1S/C8H9Br.C2H5NO/c1-2-7-3-5-8(9)6-4-7;1-2(3)4/h3-6H,2H2,1H3;1H3,(H2,3,4). The number of carbonyl (C=O) groups excluding carboxylic acids is 1. The summed E-state index contributed by atoms with van der Waals surface area (Å²) < 4.78 is 1.15. The molecular formula is C10H14BrNO. The Labute approximate surface area is 87.3 Å². The first-order valence-corrected chi connectivity index (χ1v) is 4.86. The fourth-order valence-corrected chi connectivity index (χ4v) is 0.984. The van der Waals surface area contributed by atoms with E-state index in [0.29, 0.717) is 0 Å². The molecule has 3 heteroatoms. The molecule has 1 aromatic rings. The second kappa shape index (κ2) is 6.66. The van der Waals surface area contributed by atoms with Gasteiger partial charge in [-0.3, -0.25) is 4.79 Å². The van der Waals surface area contributed by atoms with Crippen molar-refractivity contribution in [1.29, 1.82) is 0 Å². The highest BCUT2D eigenvalue weighted by Crippen LogP contribution is 2.10. The van der Waals surface area contributed by atoms with Crippen molar-refractivity contribution in [2.45, 2.75) is 20.3 Å². The van der Waals surface area contributed by atoms with Gasteiger partial charge in [0, 0.05) is 11.4 Å². The molecule has 72 valence electrons. The first kappa shape index (κ1) is 12.2. The third kappa shape index (κ3) is 7.53. The summed E-state index contributed by atoms with van der Waals surface area (Å²) in [5, 5.41) is 0. The third-order valence-corrected chi connectivity index (χ3v) is 1.85. The van der Waals surface area contributed by atoms with Gasteiger partial charge in [-0.2, -0.15) is 0 Å².